The molecule has 4 nitrogen and oxygen atoms in total. The molecule has 1 aliphatic rings. The second-order valence-corrected chi connectivity index (χ2v) is 9.46. The molecule has 1 saturated heterocycles. The van der Waals surface area contributed by atoms with Crippen molar-refractivity contribution in [3.05, 3.63) is 64.9 Å². The van der Waals surface area contributed by atoms with Crippen molar-refractivity contribution in [2.45, 2.75) is 92.0 Å². The van der Waals surface area contributed by atoms with Gasteiger partial charge in [-0.1, -0.05) is 63.0 Å². The molecule has 1 amide bonds. The fourth-order valence-electron chi connectivity index (χ4n) is 4.46. The van der Waals surface area contributed by atoms with Crippen molar-refractivity contribution < 1.29 is 9.18 Å². The first kappa shape index (κ1) is 28.5. The third-order valence-electron chi connectivity index (χ3n) is 6.97. The number of hydrogen-bond donors (Lipinski definition) is 0. The van der Waals surface area contributed by atoms with Crippen molar-refractivity contribution in [1.29, 1.82) is 0 Å². The largest absolute Gasteiger partial charge is 0.335 e. The predicted molar refractivity (Wildman–Crippen MR) is 147 cm³/mol. The summed E-state index contributed by atoms with van der Waals surface area (Å²) < 4.78 is 14.8. The molecule has 1 heterocycles. The Balaban J connectivity index is 2.53. The zero-order chi connectivity index (χ0) is 25.8. The number of hydrogen-bond acceptors (Lipinski definition) is 3. The quantitative estimate of drug-likeness (QED) is 0.253. The lowest BCUT2D eigenvalue weighted by molar-refractivity contribution is -0.125. The Morgan fingerprint density at radius 3 is 2.63 bits per heavy atom. The standard InChI is InChI=1S/C30H44FN3O/c1-7-10-17-25(9-3)33(6)29(32-22-30(35)34-20-15-11-12-16-24(34)5)21-27(23(4)8-2)26-18-13-14-19-28(26)31/h9,13-14,18-19,21-22,24H,7-8,10-12,15-17,20H2,1-6H3/b25-9-,27-23+,29-21-,32-22+. The molecule has 1 fully saturated rings. The van der Waals surface area contributed by atoms with Crippen LogP contribution in [-0.4, -0.2) is 41.6 Å². The number of unbranched alkanes of at least 4 members (excludes halogenated alkanes) is 1. The fraction of sp³-hybridized carbons (Fsp3) is 0.533. The van der Waals surface area contributed by atoms with Crippen LogP contribution in [0.4, 0.5) is 4.39 Å². The molecule has 0 N–H and O–H groups in total. The number of likely N-dealkylation sites (tertiary alicyclic amines) is 1. The smallest absolute Gasteiger partial charge is 0.265 e. The number of carbonyl (C=O) groups is 1. The zero-order valence-electron chi connectivity index (χ0n) is 22.6. The molecule has 0 saturated carbocycles. The van der Waals surface area contributed by atoms with E-state index in [1.165, 1.54) is 12.3 Å². The predicted octanol–water partition coefficient (Wildman–Crippen LogP) is 7.74. The van der Waals surface area contributed by atoms with Gasteiger partial charge in [-0.25, -0.2) is 9.38 Å². The number of benzene rings is 1. The van der Waals surface area contributed by atoms with E-state index in [-0.39, 0.29) is 17.8 Å². The van der Waals surface area contributed by atoms with Crippen LogP contribution in [0, 0.1) is 5.82 Å². The van der Waals surface area contributed by atoms with Crippen molar-refractivity contribution in [3.8, 4) is 0 Å². The first-order valence-corrected chi connectivity index (χ1v) is 13.2. The number of amides is 1. The summed E-state index contributed by atoms with van der Waals surface area (Å²) in [5, 5.41) is 0. The molecule has 1 aliphatic heterocycles. The van der Waals surface area contributed by atoms with Crippen molar-refractivity contribution in [2.75, 3.05) is 13.6 Å². The summed E-state index contributed by atoms with van der Waals surface area (Å²) in [5.41, 5.74) is 3.56. The van der Waals surface area contributed by atoms with Crippen molar-refractivity contribution in [1.82, 2.24) is 9.80 Å². The molecule has 1 atom stereocenters. The maximum Gasteiger partial charge on any atom is 0.265 e. The van der Waals surface area contributed by atoms with Crippen LogP contribution in [0.5, 0.6) is 0 Å². The minimum atomic E-state index is -0.260. The molecule has 35 heavy (non-hydrogen) atoms. The minimum Gasteiger partial charge on any atom is -0.335 e. The van der Waals surface area contributed by atoms with Crippen molar-refractivity contribution in [3.63, 3.8) is 0 Å². The molecule has 0 aliphatic carbocycles. The van der Waals surface area contributed by atoms with Gasteiger partial charge in [0.05, 0.1) is 6.21 Å². The van der Waals surface area contributed by atoms with Crippen molar-refractivity contribution >= 4 is 17.7 Å². The van der Waals surface area contributed by atoms with E-state index < -0.39 is 0 Å². The lowest BCUT2D eigenvalue weighted by Crippen LogP contribution is -2.39. The van der Waals surface area contributed by atoms with Gasteiger partial charge >= 0.3 is 0 Å². The number of aliphatic imine (C=N–C) groups is 1. The SMILES string of the molecule is C/C=C(/CCCC)N(C)C(=C\C(=C(\C)CC)c1ccccc1F)/N=C/C(=O)N1CCCCCC1C. The van der Waals surface area contributed by atoms with Gasteiger partial charge in [0.1, 0.15) is 11.6 Å². The van der Waals surface area contributed by atoms with E-state index in [0.717, 1.165) is 74.8 Å². The molecule has 2 rings (SSSR count). The van der Waals surface area contributed by atoms with E-state index in [4.69, 9.17) is 4.99 Å². The summed E-state index contributed by atoms with van der Waals surface area (Å²) in [7, 11) is 1.98. The summed E-state index contributed by atoms with van der Waals surface area (Å²) in [4.78, 5) is 21.8. The molecular formula is C30H44FN3O. The van der Waals surface area contributed by atoms with Gasteiger partial charge in [-0.15, -0.1) is 0 Å². The third kappa shape index (κ3) is 8.19. The summed E-state index contributed by atoms with van der Waals surface area (Å²) in [6.45, 7) is 11.2. The molecule has 0 radical (unpaired) electrons. The Morgan fingerprint density at radius 1 is 1.23 bits per heavy atom. The van der Waals surface area contributed by atoms with Gasteiger partial charge in [0.15, 0.2) is 0 Å². The van der Waals surface area contributed by atoms with Crippen molar-refractivity contribution in [2.24, 2.45) is 4.99 Å². The number of carbonyl (C=O) groups excluding carboxylic acids is 1. The van der Waals surface area contributed by atoms with Gasteiger partial charge in [0.25, 0.3) is 5.91 Å². The van der Waals surface area contributed by atoms with Gasteiger partial charge in [-0.2, -0.15) is 0 Å². The first-order chi connectivity index (χ1) is 16.8. The average molecular weight is 482 g/mol. The van der Waals surface area contributed by atoms with E-state index in [9.17, 15) is 9.18 Å². The van der Waals surface area contributed by atoms with Crippen LogP contribution >= 0.6 is 0 Å². The second kappa shape index (κ2) is 14.7. The lowest BCUT2D eigenvalue weighted by atomic mass is 9.98. The molecule has 1 aromatic rings. The van der Waals surface area contributed by atoms with Gasteiger partial charge in [-0.3, -0.25) is 4.79 Å². The summed E-state index contributed by atoms with van der Waals surface area (Å²) in [6, 6.07) is 7.07. The van der Waals surface area contributed by atoms with E-state index in [2.05, 4.69) is 26.8 Å². The average Bonchev–Trinajstić information content (AvgIpc) is 3.08. The maximum atomic E-state index is 14.8. The normalized spacial score (nSPS) is 18.5. The minimum absolute atomic E-state index is 0.0575. The molecule has 5 heteroatoms. The Hall–Kier alpha value is -2.69. The monoisotopic (exact) mass is 481 g/mol. The summed E-state index contributed by atoms with van der Waals surface area (Å²) in [5.74, 6) is 0.318. The first-order valence-electron chi connectivity index (χ1n) is 13.2. The topological polar surface area (TPSA) is 35.9 Å². The van der Waals surface area contributed by atoms with Gasteiger partial charge in [0.2, 0.25) is 0 Å². The molecule has 0 aromatic heterocycles. The van der Waals surface area contributed by atoms with Gasteiger partial charge < -0.3 is 9.80 Å². The Morgan fingerprint density at radius 2 is 1.97 bits per heavy atom. The number of rotatable bonds is 10. The van der Waals surface area contributed by atoms with Crippen LogP contribution < -0.4 is 0 Å². The third-order valence-corrected chi connectivity index (χ3v) is 6.97. The molecule has 1 unspecified atom stereocenters. The summed E-state index contributed by atoms with van der Waals surface area (Å²) in [6.07, 6.45) is 13.7. The highest BCUT2D eigenvalue weighted by atomic mass is 19.1. The van der Waals surface area contributed by atoms with Crippen LogP contribution in [0.1, 0.15) is 91.5 Å². The Kier molecular flexibility index (Phi) is 11.9. The number of halogens is 1. The highest BCUT2D eigenvalue weighted by Gasteiger charge is 2.21. The maximum absolute atomic E-state index is 14.8. The fourth-order valence-corrected chi connectivity index (χ4v) is 4.46. The van der Waals surface area contributed by atoms with Crippen LogP contribution in [0.3, 0.4) is 0 Å². The molecule has 0 bridgehead atoms. The van der Waals surface area contributed by atoms with E-state index in [1.54, 1.807) is 12.1 Å². The van der Waals surface area contributed by atoms with E-state index >= 15 is 0 Å². The second-order valence-electron chi connectivity index (χ2n) is 9.46. The lowest BCUT2D eigenvalue weighted by Gasteiger charge is -2.26. The van der Waals surface area contributed by atoms with Crippen LogP contribution in [0.2, 0.25) is 0 Å². The highest BCUT2D eigenvalue weighted by Crippen LogP contribution is 2.28. The van der Waals surface area contributed by atoms with Crippen LogP contribution in [0.15, 0.2) is 58.5 Å². The molecular weight excluding hydrogens is 437 g/mol. The molecule has 0 spiro atoms. The zero-order valence-corrected chi connectivity index (χ0v) is 22.6. The van der Waals surface area contributed by atoms with E-state index in [1.807, 2.05) is 42.8 Å². The number of allylic oxidation sites excluding steroid dienone is 5. The van der Waals surface area contributed by atoms with E-state index in [0.29, 0.717) is 11.4 Å². The molecule has 1 aromatic carbocycles. The summed E-state index contributed by atoms with van der Waals surface area (Å²) >= 11 is 0. The Bertz CT molecular complexity index is 960. The highest BCUT2D eigenvalue weighted by molar-refractivity contribution is 6.26. The number of nitrogens with zero attached hydrogens (tertiary/aromatic N) is 3. The van der Waals surface area contributed by atoms with Crippen LogP contribution in [-0.2, 0) is 4.79 Å². The van der Waals surface area contributed by atoms with Gasteiger partial charge in [0, 0.05) is 30.9 Å². The van der Waals surface area contributed by atoms with Crippen LogP contribution in [0.25, 0.3) is 5.57 Å². The Labute approximate surface area is 212 Å². The van der Waals surface area contributed by atoms with Gasteiger partial charge in [-0.05, 0) is 70.6 Å². The molecule has 192 valence electrons.